The van der Waals surface area contributed by atoms with Crippen LogP contribution in [0, 0.1) is 5.92 Å². The number of hydrogen-bond acceptors (Lipinski definition) is 2. The molecule has 0 amide bonds. The molecule has 0 aromatic heterocycles. The van der Waals surface area contributed by atoms with Gasteiger partial charge in [-0.25, -0.2) is 0 Å². The maximum absolute atomic E-state index is 9.87. The number of guanidine groups is 1. The van der Waals surface area contributed by atoms with Crippen molar-refractivity contribution in [3.8, 4) is 0 Å². The molecule has 0 saturated heterocycles. The minimum absolute atomic E-state index is 0.169. The number of rotatable bonds is 4. The largest absolute Gasteiger partial charge is 0.393 e. The molecule has 0 radical (unpaired) electrons. The van der Waals surface area contributed by atoms with Gasteiger partial charge in [-0.3, -0.25) is 4.99 Å². The van der Waals surface area contributed by atoms with E-state index in [1.165, 1.54) is 5.56 Å². The van der Waals surface area contributed by atoms with Crippen LogP contribution in [0.5, 0.6) is 0 Å². The zero-order valence-electron chi connectivity index (χ0n) is 12.7. The Hall–Kier alpha value is -1.26. The molecule has 1 aromatic rings. The molecule has 1 aliphatic rings. The topological polar surface area (TPSA) is 47.9 Å². The first kappa shape index (κ1) is 16.1. The van der Waals surface area contributed by atoms with Gasteiger partial charge in [-0.15, -0.1) is 0 Å². The molecule has 1 saturated carbocycles. The number of hydrogen-bond donors (Lipinski definition) is 2. The first-order valence-electron chi connectivity index (χ1n) is 7.44. The van der Waals surface area contributed by atoms with E-state index in [4.69, 9.17) is 11.6 Å². The maximum Gasteiger partial charge on any atom is 0.193 e. The van der Waals surface area contributed by atoms with Gasteiger partial charge in [-0.05, 0) is 30.5 Å². The monoisotopic (exact) mass is 309 g/mol. The first-order valence-corrected chi connectivity index (χ1v) is 7.82. The number of halogens is 1. The highest BCUT2D eigenvalue weighted by Crippen LogP contribution is 2.24. The van der Waals surface area contributed by atoms with Crippen LogP contribution in [0.25, 0.3) is 0 Å². The number of aliphatic hydroxyl groups is 1. The Morgan fingerprint density at radius 3 is 2.67 bits per heavy atom. The summed E-state index contributed by atoms with van der Waals surface area (Å²) in [5.41, 5.74) is 1.19. The van der Waals surface area contributed by atoms with E-state index >= 15 is 0 Å². The Bertz CT molecular complexity index is 475. The molecule has 1 aliphatic carbocycles. The first-order chi connectivity index (χ1) is 10.1. The van der Waals surface area contributed by atoms with Crippen LogP contribution in [0.2, 0.25) is 5.02 Å². The van der Waals surface area contributed by atoms with E-state index < -0.39 is 0 Å². The van der Waals surface area contributed by atoms with Crippen LogP contribution in [0.15, 0.2) is 29.3 Å². The fraction of sp³-hybridized carbons (Fsp3) is 0.562. The summed E-state index contributed by atoms with van der Waals surface area (Å²) in [7, 11) is 3.79. The summed E-state index contributed by atoms with van der Waals surface area (Å²) in [5.74, 6) is 1.19. The third kappa shape index (κ3) is 4.61. The van der Waals surface area contributed by atoms with Gasteiger partial charge >= 0.3 is 0 Å². The smallest absolute Gasteiger partial charge is 0.193 e. The Balaban J connectivity index is 1.86. The third-order valence-electron chi connectivity index (χ3n) is 4.05. The fourth-order valence-corrected chi connectivity index (χ4v) is 2.93. The number of nitrogens with one attached hydrogen (secondary N) is 1. The molecule has 2 atom stereocenters. The predicted octanol–water partition coefficient (Wildman–Crippen LogP) is 2.51. The lowest BCUT2D eigenvalue weighted by atomic mass is 10.1. The van der Waals surface area contributed by atoms with E-state index in [2.05, 4.69) is 15.2 Å². The van der Waals surface area contributed by atoms with Gasteiger partial charge in [0.15, 0.2) is 5.96 Å². The van der Waals surface area contributed by atoms with Gasteiger partial charge in [0.05, 0.1) is 6.10 Å². The van der Waals surface area contributed by atoms with Crippen molar-refractivity contribution in [3.05, 3.63) is 34.9 Å². The Kier molecular flexibility index (Phi) is 5.88. The van der Waals surface area contributed by atoms with E-state index in [1.807, 2.05) is 31.3 Å². The van der Waals surface area contributed by atoms with Gasteiger partial charge in [0.1, 0.15) is 0 Å². The highest BCUT2D eigenvalue weighted by molar-refractivity contribution is 6.30. The van der Waals surface area contributed by atoms with Crippen molar-refractivity contribution in [2.45, 2.75) is 31.9 Å². The van der Waals surface area contributed by atoms with Crippen LogP contribution in [-0.2, 0) is 6.54 Å². The standard InChI is InChI=1S/C16H24ClN3O/c1-18-16(19-10-13-4-3-5-15(13)21)20(2)11-12-6-8-14(17)9-7-12/h6-9,13,15,21H,3-5,10-11H2,1-2H3,(H,18,19). The lowest BCUT2D eigenvalue weighted by Crippen LogP contribution is -2.41. The van der Waals surface area contributed by atoms with Crippen molar-refractivity contribution in [3.63, 3.8) is 0 Å². The SMILES string of the molecule is CN=C(NCC1CCCC1O)N(C)Cc1ccc(Cl)cc1. The molecule has 1 aromatic carbocycles. The van der Waals surface area contributed by atoms with Crippen molar-refractivity contribution in [1.82, 2.24) is 10.2 Å². The minimum Gasteiger partial charge on any atom is -0.393 e. The molecule has 0 spiro atoms. The van der Waals surface area contributed by atoms with Gasteiger partial charge in [-0.2, -0.15) is 0 Å². The molecule has 5 heteroatoms. The number of aliphatic imine (C=N–C) groups is 1. The second kappa shape index (κ2) is 7.66. The molecule has 0 aliphatic heterocycles. The summed E-state index contributed by atoms with van der Waals surface area (Å²) < 4.78 is 0. The second-order valence-corrected chi connectivity index (χ2v) is 6.11. The highest BCUT2D eigenvalue weighted by atomic mass is 35.5. The summed E-state index contributed by atoms with van der Waals surface area (Å²) in [6.07, 6.45) is 2.96. The average molecular weight is 310 g/mol. The maximum atomic E-state index is 9.87. The lowest BCUT2D eigenvalue weighted by Gasteiger charge is -2.24. The second-order valence-electron chi connectivity index (χ2n) is 5.67. The molecule has 2 unspecified atom stereocenters. The normalized spacial score (nSPS) is 22.4. The fourth-order valence-electron chi connectivity index (χ4n) is 2.80. The summed E-state index contributed by atoms with van der Waals surface area (Å²) in [6.45, 7) is 1.54. The van der Waals surface area contributed by atoms with E-state index in [9.17, 15) is 5.11 Å². The molecule has 4 nitrogen and oxygen atoms in total. The van der Waals surface area contributed by atoms with Crippen LogP contribution < -0.4 is 5.32 Å². The molecule has 0 bridgehead atoms. The van der Waals surface area contributed by atoms with Gasteiger partial charge < -0.3 is 15.3 Å². The molecule has 2 N–H and O–H groups in total. The van der Waals surface area contributed by atoms with Crippen molar-refractivity contribution in [2.75, 3.05) is 20.6 Å². The zero-order chi connectivity index (χ0) is 15.2. The van der Waals surface area contributed by atoms with Gasteiger partial charge in [0.25, 0.3) is 0 Å². The highest BCUT2D eigenvalue weighted by Gasteiger charge is 2.25. The van der Waals surface area contributed by atoms with Crippen LogP contribution in [-0.4, -0.2) is 42.7 Å². The minimum atomic E-state index is -0.169. The van der Waals surface area contributed by atoms with E-state index in [0.29, 0.717) is 5.92 Å². The van der Waals surface area contributed by atoms with Crippen molar-refractivity contribution in [1.29, 1.82) is 0 Å². The van der Waals surface area contributed by atoms with Crippen molar-refractivity contribution < 1.29 is 5.11 Å². The van der Waals surface area contributed by atoms with Crippen molar-refractivity contribution >= 4 is 17.6 Å². The summed E-state index contributed by atoms with van der Waals surface area (Å²) in [5, 5.41) is 14.0. The third-order valence-corrected chi connectivity index (χ3v) is 4.30. The Morgan fingerprint density at radius 2 is 2.10 bits per heavy atom. The number of nitrogens with zero attached hydrogens (tertiary/aromatic N) is 2. The van der Waals surface area contributed by atoms with E-state index in [0.717, 1.165) is 43.3 Å². The number of benzene rings is 1. The quantitative estimate of drug-likeness (QED) is 0.663. The van der Waals surface area contributed by atoms with Crippen LogP contribution >= 0.6 is 11.6 Å². The van der Waals surface area contributed by atoms with E-state index in [-0.39, 0.29) is 6.10 Å². The molecular weight excluding hydrogens is 286 g/mol. The molecule has 0 heterocycles. The lowest BCUT2D eigenvalue weighted by molar-refractivity contribution is 0.134. The van der Waals surface area contributed by atoms with Crippen molar-refractivity contribution in [2.24, 2.45) is 10.9 Å². The summed E-state index contributed by atoms with van der Waals surface area (Å²) >= 11 is 5.90. The Morgan fingerprint density at radius 1 is 1.38 bits per heavy atom. The van der Waals surface area contributed by atoms with Crippen LogP contribution in [0.4, 0.5) is 0 Å². The molecule has 116 valence electrons. The summed E-state index contributed by atoms with van der Waals surface area (Å²) in [6, 6.07) is 7.84. The predicted molar refractivity (Wildman–Crippen MR) is 87.6 cm³/mol. The average Bonchev–Trinajstić information content (AvgIpc) is 2.88. The van der Waals surface area contributed by atoms with Crippen LogP contribution in [0.1, 0.15) is 24.8 Å². The molecule has 2 rings (SSSR count). The molecule has 1 fully saturated rings. The Labute approximate surface area is 131 Å². The summed E-state index contributed by atoms with van der Waals surface area (Å²) in [4.78, 5) is 6.39. The van der Waals surface area contributed by atoms with E-state index in [1.54, 1.807) is 7.05 Å². The number of aliphatic hydroxyl groups excluding tert-OH is 1. The zero-order valence-corrected chi connectivity index (χ0v) is 13.5. The molecule has 21 heavy (non-hydrogen) atoms. The van der Waals surface area contributed by atoms with Gasteiger partial charge in [-0.1, -0.05) is 30.2 Å². The van der Waals surface area contributed by atoms with Gasteiger partial charge in [0, 0.05) is 38.1 Å². The van der Waals surface area contributed by atoms with Crippen LogP contribution in [0.3, 0.4) is 0 Å². The molecular formula is C16H24ClN3O. The van der Waals surface area contributed by atoms with Gasteiger partial charge in [0.2, 0.25) is 0 Å².